The molecule has 0 unspecified atom stereocenters. The Hall–Kier alpha value is -1.61. The predicted molar refractivity (Wildman–Crippen MR) is 73.1 cm³/mol. The first kappa shape index (κ1) is 12.8. The number of carbonyl (C=O) groups is 1. The molecule has 1 aromatic carbocycles. The normalized spacial score (nSPS) is 20.1. The molecule has 0 bridgehead atoms. The third-order valence-electron chi connectivity index (χ3n) is 3.07. The second-order valence-electron chi connectivity index (χ2n) is 4.58. The number of rotatable bonds is 2. The highest BCUT2D eigenvalue weighted by Gasteiger charge is 2.07. The fourth-order valence-corrected chi connectivity index (χ4v) is 2.07. The molecule has 3 nitrogen and oxygen atoms in total. The van der Waals surface area contributed by atoms with Gasteiger partial charge in [0.1, 0.15) is 0 Å². The van der Waals surface area contributed by atoms with Gasteiger partial charge in [0, 0.05) is 32.6 Å². The standard InChI is InChI=1S/C15H20N2O/c18-15-9-5-2-6-11-17(12-10-16-15)13-14-7-3-1-4-8-14/h1-4,6-8H,5,9-13H2,(H,16,18)/b6-2+. The highest BCUT2D eigenvalue weighted by Crippen LogP contribution is 2.05. The summed E-state index contributed by atoms with van der Waals surface area (Å²) in [6.07, 6.45) is 5.71. The summed E-state index contributed by atoms with van der Waals surface area (Å²) >= 11 is 0. The van der Waals surface area contributed by atoms with E-state index in [0.717, 1.165) is 32.6 Å². The van der Waals surface area contributed by atoms with Crippen LogP contribution in [0.1, 0.15) is 18.4 Å². The minimum Gasteiger partial charge on any atom is -0.355 e. The van der Waals surface area contributed by atoms with Crippen LogP contribution in [0.4, 0.5) is 0 Å². The summed E-state index contributed by atoms with van der Waals surface area (Å²) in [4.78, 5) is 13.7. The number of benzene rings is 1. The summed E-state index contributed by atoms with van der Waals surface area (Å²) in [5.74, 6) is 0.154. The Morgan fingerprint density at radius 2 is 2.00 bits per heavy atom. The second-order valence-corrected chi connectivity index (χ2v) is 4.58. The lowest BCUT2D eigenvalue weighted by atomic mass is 10.2. The summed E-state index contributed by atoms with van der Waals surface area (Å²) in [5, 5.41) is 2.95. The average molecular weight is 244 g/mol. The molecule has 1 aliphatic heterocycles. The molecule has 96 valence electrons. The summed E-state index contributed by atoms with van der Waals surface area (Å²) in [5.41, 5.74) is 1.31. The molecule has 1 heterocycles. The van der Waals surface area contributed by atoms with Crippen molar-refractivity contribution in [2.24, 2.45) is 0 Å². The number of nitrogens with zero attached hydrogens (tertiary/aromatic N) is 1. The third kappa shape index (κ3) is 4.34. The van der Waals surface area contributed by atoms with Gasteiger partial charge in [-0.25, -0.2) is 0 Å². The van der Waals surface area contributed by atoms with Gasteiger partial charge in [0.05, 0.1) is 0 Å². The molecule has 0 saturated carbocycles. The second kappa shape index (κ2) is 6.97. The molecule has 3 heteroatoms. The number of nitrogens with one attached hydrogen (secondary N) is 1. The topological polar surface area (TPSA) is 32.3 Å². The maximum atomic E-state index is 11.4. The van der Waals surface area contributed by atoms with Crippen molar-refractivity contribution in [3.05, 3.63) is 48.0 Å². The van der Waals surface area contributed by atoms with Gasteiger partial charge in [-0.15, -0.1) is 0 Å². The van der Waals surface area contributed by atoms with Gasteiger partial charge < -0.3 is 5.32 Å². The minimum atomic E-state index is 0.154. The van der Waals surface area contributed by atoms with E-state index < -0.39 is 0 Å². The number of hydrogen-bond acceptors (Lipinski definition) is 2. The van der Waals surface area contributed by atoms with E-state index in [0.29, 0.717) is 6.42 Å². The lowest BCUT2D eigenvalue weighted by Crippen LogP contribution is -2.35. The first-order valence-corrected chi connectivity index (χ1v) is 6.52. The van der Waals surface area contributed by atoms with Crippen LogP contribution in [0.25, 0.3) is 0 Å². The molecule has 0 radical (unpaired) electrons. The van der Waals surface area contributed by atoms with Crippen LogP contribution in [0.2, 0.25) is 0 Å². The molecular weight excluding hydrogens is 224 g/mol. The molecule has 1 N–H and O–H groups in total. The van der Waals surface area contributed by atoms with E-state index in [1.165, 1.54) is 5.56 Å². The van der Waals surface area contributed by atoms with Crippen LogP contribution in [0.15, 0.2) is 42.5 Å². The molecule has 0 saturated heterocycles. The summed E-state index contributed by atoms with van der Waals surface area (Å²) < 4.78 is 0. The molecule has 1 amide bonds. The molecule has 18 heavy (non-hydrogen) atoms. The van der Waals surface area contributed by atoms with Gasteiger partial charge in [-0.05, 0) is 12.0 Å². The number of hydrogen-bond donors (Lipinski definition) is 1. The molecule has 1 aromatic rings. The Bertz CT molecular complexity index is 400. The Morgan fingerprint density at radius 1 is 1.17 bits per heavy atom. The van der Waals surface area contributed by atoms with Crippen LogP contribution in [0.5, 0.6) is 0 Å². The molecule has 0 fully saturated rings. The smallest absolute Gasteiger partial charge is 0.220 e. The highest BCUT2D eigenvalue weighted by atomic mass is 16.1. The van der Waals surface area contributed by atoms with Crippen molar-refractivity contribution in [1.29, 1.82) is 0 Å². The fraction of sp³-hybridized carbons (Fsp3) is 0.400. The van der Waals surface area contributed by atoms with Crippen LogP contribution in [0.3, 0.4) is 0 Å². The predicted octanol–water partition coefficient (Wildman–Crippen LogP) is 1.95. The zero-order chi connectivity index (χ0) is 12.6. The van der Waals surface area contributed by atoms with Crippen molar-refractivity contribution in [1.82, 2.24) is 10.2 Å². The van der Waals surface area contributed by atoms with Crippen molar-refractivity contribution >= 4 is 5.91 Å². The minimum absolute atomic E-state index is 0.154. The first-order valence-electron chi connectivity index (χ1n) is 6.52. The van der Waals surface area contributed by atoms with Crippen LogP contribution in [-0.4, -0.2) is 30.4 Å². The fourth-order valence-electron chi connectivity index (χ4n) is 2.07. The van der Waals surface area contributed by atoms with E-state index in [9.17, 15) is 4.79 Å². The number of carbonyl (C=O) groups excluding carboxylic acids is 1. The monoisotopic (exact) mass is 244 g/mol. The summed E-state index contributed by atoms with van der Waals surface area (Å²) in [6, 6.07) is 10.4. The van der Waals surface area contributed by atoms with Crippen molar-refractivity contribution < 1.29 is 4.79 Å². The average Bonchev–Trinajstić information content (AvgIpc) is 2.39. The number of allylic oxidation sites excluding steroid dienone is 1. The molecular formula is C15H20N2O. The van der Waals surface area contributed by atoms with Crippen LogP contribution < -0.4 is 5.32 Å². The molecule has 0 aromatic heterocycles. The zero-order valence-corrected chi connectivity index (χ0v) is 10.6. The number of amides is 1. The van der Waals surface area contributed by atoms with E-state index in [1.54, 1.807) is 0 Å². The van der Waals surface area contributed by atoms with Crippen molar-refractivity contribution in [3.63, 3.8) is 0 Å². The summed E-state index contributed by atoms with van der Waals surface area (Å²) in [7, 11) is 0. The van der Waals surface area contributed by atoms with Crippen LogP contribution >= 0.6 is 0 Å². The van der Waals surface area contributed by atoms with E-state index in [2.05, 4.69) is 46.6 Å². The molecule has 0 atom stereocenters. The van der Waals surface area contributed by atoms with Crippen LogP contribution in [0, 0.1) is 0 Å². The van der Waals surface area contributed by atoms with Gasteiger partial charge in [-0.3, -0.25) is 9.69 Å². The van der Waals surface area contributed by atoms with Gasteiger partial charge in [0.15, 0.2) is 0 Å². The maximum Gasteiger partial charge on any atom is 0.220 e. The van der Waals surface area contributed by atoms with Crippen molar-refractivity contribution in [3.8, 4) is 0 Å². The lowest BCUT2D eigenvalue weighted by molar-refractivity contribution is -0.121. The lowest BCUT2D eigenvalue weighted by Gasteiger charge is -2.21. The van der Waals surface area contributed by atoms with E-state index in [1.807, 2.05) is 6.07 Å². The Balaban J connectivity index is 1.93. The quantitative estimate of drug-likeness (QED) is 0.807. The van der Waals surface area contributed by atoms with E-state index in [4.69, 9.17) is 0 Å². The Kier molecular flexibility index (Phi) is 4.97. The molecule has 0 aliphatic carbocycles. The highest BCUT2D eigenvalue weighted by molar-refractivity contribution is 5.75. The maximum absolute atomic E-state index is 11.4. The molecule has 2 rings (SSSR count). The van der Waals surface area contributed by atoms with E-state index >= 15 is 0 Å². The van der Waals surface area contributed by atoms with Gasteiger partial charge >= 0.3 is 0 Å². The Morgan fingerprint density at radius 3 is 2.83 bits per heavy atom. The third-order valence-corrected chi connectivity index (χ3v) is 3.07. The van der Waals surface area contributed by atoms with Gasteiger partial charge in [-0.2, -0.15) is 0 Å². The summed E-state index contributed by atoms with van der Waals surface area (Å²) in [6.45, 7) is 3.51. The van der Waals surface area contributed by atoms with Crippen molar-refractivity contribution in [2.75, 3.05) is 19.6 Å². The SMILES string of the molecule is O=C1CC/C=C/CN(Cc2ccccc2)CCN1. The van der Waals surface area contributed by atoms with Gasteiger partial charge in [-0.1, -0.05) is 42.5 Å². The Labute approximate surface area is 108 Å². The van der Waals surface area contributed by atoms with E-state index in [-0.39, 0.29) is 5.91 Å². The molecule has 0 spiro atoms. The molecule has 1 aliphatic rings. The van der Waals surface area contributed by atoms with Crippen molar-refractivity contribution in [2.45, 2.75) is 19.4 Å². The first-order chi connectivity index (χ1) is 8.84. The largest absolute Gasteiger partial charge is 0.355 e. The van der Waals surface area contributed by atoms with Gasteiger partial charge in [0.2, 0.25) is 5.91 Å². The van der Waals surface area contributed by atoms with Gasteiger partial charge in [0.25, 0.3) is 0 Å². The zero-order valence-electron chi connectivity index (χ0n) is 10.6. The van der Waals surface area contributed by atoms with Crippen LogP contribution in [-0.2, 0) is 11.3 Å².